The molecule has 0 spiro atoms. The van der Waals surface area contributed by atoms with Crippen molar-refractivity contribution in [2.45, 2.75) is 26.3 Å². The summed E-state index contributed by atoms with van der Waals surface area (Å²) < 4.78 is 12.8. The Morgan fingerprint density at radius 2 is 2.10 bits per heavy atom. The number of hydrogen-bond acceptors (Lipinski definition) is 5. The van der Waals surface area contributed by atoms with Gasteiger partial charge < -0.3 is 18.9 Å². The van der Waals surface area contributed by atoms with E-state index in [0.717, 1.165) is 12.8 Å². The summed E-state index contributed by atoms with van der Waals surface area (Å²) in [6.45, 7) is 4.17. The van der Waals surface area contributed by atoms with Gasteiger partial charge >= 0.3 is 0 Å². The van der Waals surface area contributed by atoms with E-state index in [4.69, 9.17) is 14.7 Å². The van der Waals surface area contributed by atoms with Crippen LogP contribution in [0.1, 0.15) is 35.7 Å². The third kappa shape index (κ3) is 4.77. The zero-order valence-corrected chi connectivity index (χ0v) is 16.8. The number of nitrogens with zero attached hydrogens (tertiary/aromatic N) is 3. The van der Waals surface area contributed by atoms with Crippen LogP contribution in [0.5, 0.6) is 11.5 Å². The van der Waals surface area contributed by atoms with Gasteiger partial charge in [-0.25, -0.2) is 0 Å². The molecule has 0 N–H and O–H groups in total. The normalized spacial score (nSPS) is 16.2. The predicted octanol–water partition coefficient (Wildman–Crippen LogP) is 2.68. The van der Waals surface area contributed by atoms with Crippen LogP contribution in [0.4, 0.5) is 0 Å². The number of carbonyl (C=O) groups is 1. The van der Waals surface area contributed by atoms with E-state index in [2.05, 4.69) is 6.07 Å². The van der Waals surface area contributed by atoms with E-state index in [9.17, 15) is 9.59 Å². The van der Waals surface area contributed by atoms with Gasteiger partial charge in [0.25, 0.3) is 11.5 Å². The molecule has 7 nitrogen and oxygen atoms in total. The van der Waals surface area contributed by atoms with Gasteiger partial charge in [-0.3, -0.25) is 9.59 Å². The minimum Gasteiger partial charge on any atom is -0.493 e. The van der Waals surface area contributed by atoms with Crippen molar-refractivity contribution in [3.8, 4) is 17.6 Å². The predicted molar refractivity (Wildman–Crippen MR) is 108 cm³/mol. The van der Waals surface area contributed by atoms with E-state index >= 15 is 0 Å². The Morgan fingerprint density at radius 1 is 1.28 bits per heavy atom. The smallest absolute Gasteiger partial charge is 0.254 e. The van der Waals surface area contributed by atoms with Crippen LogP contribution < -0.4 is 15.0 Å². The number of amides is 1. The van der Waals surface area contributed by atoms with Gasteiger partial charge in [-0.1, -0.05) is 0 Å². The molecule has 0 bridgehead atoms. The number of ether oxygens (including phenoxy) is 2. The second-order valence-corrected chi connectivity index (χ2v) is 7.09. The van der Waals surface area contributed by atoms with Gasteiger partial charge in [0.05, 0.1) is 25.3 Å². The lowest BCUT2D eigenvalue weighted by Crippen LogP contribution is -2.42. The van der Waals surface area contributed by atoms with E-state index < -0.39 is 0 Å². The third-order valence-corrected chi connectivity index (χ3v) is 5.16. The van der Waals surface area contributed by atoms with Crippen molar-refractivity contribution in [1.29, 1.82) is 5.26 Å². The zero-order valence-electron chi connectivity index (χ0n) is 16.8. The molecular formula is C22H25N3O4. The van der Waals surface area contributed by atoms with Crippen molar-refractivity contribution in [3.63, 3.8) is 0 Å². The van der Waals surface area contributed by atoms with Crippen molar-refractivity contribution >= 4 is 5.91 Å². The SMILES string of the molecule is CCn1ccc(C(=O)N2CCCC(COc3ccc(C#N)cc3OC)C2)cc1=O. The molecular weight excluding hydrogens is 370 g/mol. The summed E-state index contributed by atoms with van der Waals surface area (Å²) in [4.78, 5) is 26.6. The standard InChI is InChI=1S/C22H25N3O4/c1-3-24-10-8-18(12-21(24)26)22(27)25-9-4-5-17(14-25)15-29-19-7-6-16(13-23)11-20(19)28-2/h6-8,10-12,17H,3-5,9,14-15H2,1-2H3. The maximum Gasteiger partial charge on any atom is 0.254 e. The number of aromatic nitrogens is 1. The van der Waals surface area contributed by atoms with Gasteiger partial charge in [0, 0.05) is 49.4 Å². The Hall–Kier alpha value is -3.27. The fourth-order valence-corrected chi connectivity index (χ4v) is 3.53. The summed E-state index contributed by atoms with van der Waals surface area (Å²) in [5, 5.41) is 9.00. The Morgan fingerprint density at radius 3 is 2.79 bits per heavy atom. The Kier molecular flexibility index (Phi) is 6.55. The van der Waals surface area contributed by atoms with E-state index in [0.29, 0.717) is 48.9 Å². The first-order valence-corrected chi connectivity index (χ1v) is 9.76. The molecule has 2 aromatic rings. The molecule has 1 aliphatic heterocycles. The second-order valence-electron chi connectivity index (χ2n) is 7.09. The van der Waals surface area contributed by atoms with Crippen LogP contribution in [0.15, 0.2) is 41.3 Å². The molecule has 3 rings (SSSR count). The minimum absolute atomic E-state index is 0.119. The largest absolute Gasteiger partial charge is 0.493 e. The third-order valence-electron chi connectivity index (χ3n) is 5.16. The molecule has 1 amide bonds. The summed E-state index contributed by atoms with van der Waals surface area (Å²) >= 11 is 0. The Labute approximate surface area is 170 Å². The van der Waals surface area contributed by atoms with E-state index in [-0.39, 0.29) is 17.4 Å². The number of benzene rings is 1. The van der Waals surface area contributed by atoms with Gasteiger partial charge in [0.1, 0.15) is 0 Å². The quantitative estimate of drug-likeness (QED) is 0.751. The molecule has 1 aromatic heterocycles. The van der Waals surface area contributed by atoms with Crippen LogP contribution in [0, 0.1) is 17.2 Å². The maximum atomic E-state index is 12.8. The highest BCUT2D eigenvalue weighted by atomic mass is 16.5. The van der Waals surface area contributed by atoms with E-state index in [1.165, 1.54) is 13.2 Å². The van der Waals surface area contributed by atoms with Crippen molar-refractivity contribution < 1.29 is 14.3 Å². The summed E-state index contributed by atoms with van der Waals surface area (Å²) in [5.74, 6) is 1.16. The first-order valence-electron chi connectivity index (χ1n) is 9.76. The number of pyridine rings is 1. The first-order chi connectivity index (χ1) is 14.0. The molecule has 7 heteroatoms. The number of methoxy groups -OCH3 is 1. The Bertz CT molecular complexity index is 977. The summed E-state index contributed by atoms with van der Waals surface area (Å²) in [7, 11) is 1.54. The van der Waals surface area contributed by atoms with E-state index in [1.54, 1.807) is 39.9 Å². The highest BCUT2D eigenvalue weighted by Gasteiger charge is 2.25. The zero-order chi connectivity index (χ0) is 20.8. The number of carbonyl (C=O) groups excluding carboxylic acids is 1. The molecule has 1 saturated heterocycles. The van der Waals surface area contributed by atoms with Crippen LogP contribution in [-0.2, 0) is 6.54 Å². The topological polar surface area (TPSA) is 84.6 Å². The van der Waals surface area contributed by atoms with Crippen molar-refractivity contribution in [2.24, 2.45) is 5.92 Å². The lowest BCUT2D eigenvalue weighted by Gasteiger charge is -2.32. The van der Waals surface area contributed by atoms with Crippen molar-refractivity contribution in [1.82, 2.24) is 9.47 Å². The number of hydrogen-bond donors (Lipinski definition) is 0. The maximum absolute atomic E-state index is 12.8. The van der Waals surface area contributed by atoms with Crippen LogP contribution in [0.2, 0.25) is 0 Å². The summed E-state index contributed by atoms with van der Waals surface area (Å²) in [6, 6.07) is 10.2. The monoisotopic (exact) mass is 395 g/mol. The number of aryl methyl sites for hydroxylation is 1. The van der Waals surface area contributed by atoms with Crippen molar-refractivity contribution in [3.05, 3.63) is 58.0 Å². The van der Waals surface area contributed by atoms with E-state index in [1.807, 2.05) is 6.92 Å². The molecule has 2 heterocycles. The number of likely N-dealkylation sites (tertiary alicyclic amines) is 1. The molecule has 0 saturated carbocycles. The van der Waals surface area contributed by atoms with Gasteiger partial charge in [-0.2, -0.15) is 5.26 Å². The van der Waals surface area contributed by atoms with Crippen LogP contribution in [0.25, 0.3) is 0 Å². The molecule has 152 valence electrons. The fraction of sp³-hybridized carbons (Fsp3) is 0.409. The van der Waals surface area contributed by atoms with Gasteiger partial charge in [-0.05, 0) is 38.0 Å². The summed E-state index contributed by atoms with van der Waals surface area (Å²) in [5.41, 5.74) is 0.770. The van der Waals surface area contributed by atoms with Gasteiger partial charge in [0.15, 0.2) is 11.5 Å². The average molecular weight is 395 g/mol. The highest BCUT2D eigenvalue weighted by molar-refractivity contribution is 5.94. The number of piperidine rings is 1. The number of rotatable bonds is 6. The second kappa shape index (κ2) is 9.28. The molecule has 1 atom stereocenters. The fourth-order valence-electron chi connectivity index (χ4n) is 3.53. The van der Waals surface area contributed by atoms with Crippen LogP contribution >= 0.6 is 0 Å². The lowest BCUT2D eigenvalue weighted by atomic mass is 9.98. The molecule has 0 radical (unpaired) electrons. The molecule has 0 aliphatic carbocycles. The minimum atomic E-state index is -0.164. The molecule has 1 aliphatic rings. The van der Waals surface area contributed by atoms with Crippen molar-refractivity contribution in [2.75, 3.05) is 26.8 Å². The molecule has 1 unspecified atom stereocenters. The molecule has 1 fully saturated rings. The summed E-state index contributed by atoms with van der Waals surface area (Å²) in [6.07, 6.45) is 3.51. The van der Waals surface area contributed by atoms with Crippen LogP contribution in [0.3, 0.4) is 0 Å². The highest BCUT2D eigenvalue weighted by Crippen LogP contribution is 2.29. The van der Waals surface area contributed by atoms with Gasteiger partial charge in [-0.15, -0.1) is 0 Å². The lowest BCUT2D eigenvalue weighted by molar-refractivity contribution is 0.0631. The van der Waals surface area contributed by atoms with Crippen LogP contribution in [-0.4, -0.2) is 42.2 Å². The average Bonchev–Trinajstić information content (AvgIpc) is 2.77. The molecule has 1 aromatic carbocycles. The van der Waals surface area contributed by atoms with Gasteiger partial charge in [0.2, 0.25) is 0 Å². The first kappa shape index (κ1) is 20.5. The Balaban J connectivity index is 1.64. The number of nitriles is 1. The molecule has 29 heavy (non-hydrogen) atoms.